The predicted octanol–water partition coefficient (Wildman–Crippen LogP) is -0.215. The summed E-state index contributed by atoms with van der Waals surface area (Å²) >= 11 is 0. The molecule has 1 saturated heterocycles. The molecule has 17 heavy (non-hydrogen) atoms. The molecule has 0 radical (unpaired) electrons. The highest BCUT2D eigenvalue weighted by Crippen LogP contribution is 2.08. The number of nitro groups is 1. The van der Waals surface area contributed by atoms with Crippen molar-refractivity contribution in [3.63, 3.8) is 0 Å². The van der Waals surface area contributed by atoms with Crippen LogP contribution in [0.25, 0.3) is 0 Å². The van der Waals surface area contributed by atoms with Crippen molar-refractivity contribution in [3.8, 4) is 0 Å². The summed E-state index contributed by atoms with van der Waals surface area (Å²) in [6.07, 6.45) is 1.05. The molecule has 9 heteroatoms. The number of halogens is 1. The van der Waals surface area contributed by atoms with Crippen molar-refractivity contribution in [2.75, 3.05) is 26.2 Å². The highest BCUT2D eigenvalue weighted by Gasteiger charge is 2.24. The molecule has 0 unspecified atom stereocenters. The number of nitrogens with zero attached hydrogens (tertiary/aromatic N) is 3. The second kappa shape index (κ2) is 5.60. The Morgan fingerprint density at radius 2 is 2.12 bits per heavy atom. The van der Waals surface area contributed by atoms with Gasteiger partial charge in [0.25, 0.3) is 5.82 Å². The third kappa shape index (κ3) is 2.92. The van der Waals surface area contributed by atoms with E-state index < -0.39 is 4.92 Å². The molecule has 2 rings (SSSR count). The summed E-state index contributed by atoms with van der Waals surface area (Å²) in [5.74, 6) is -0.540. The summed E-state index contributed by atoms with van der Waals surface area (Å²) < 4.78 is 0. The summed E-state index contributed by atoms with van der Waals surface area (Å²) in [5, 5.41) is 13.5. The average Bonchev–Trinajstić information content (AvgIpc) is 2.78. The van der Waals surface area contributed by atoms with Gasteiger partial charge in [0.2, 0.25) is 0 Å². The SMILES string of the molecule is Cl.O=C(c1ncc([N+](=O)[O-])[nH]1)N1CCNCC1. The van der Waals surface area contributed by atoms with Gasteiger partial charge in [0.1, 0.15) is 6.20 Å². The Kier molecular flexibility index (Phi) is 4.41. The Bertz CT molecular complexity index is 415. The number of carbonyl (C=O) groups excluding carboxylic acids is 1. The van der Waals surface area contributed by atoms with Crippen LogP contribution in [-0.4, -0.2) is 51.9 Å². The molecular formula is C8H12ClN5O3. The number of aromatic amines is 1. The van der Waals surface area contributed by atoms with Crippen LogP contribution in [-0.2, 0) is 0 Å². The topological polar surface area (TPSA) is 104 Å². The van der Waals surface area contributed by atoms with E-state index in [-0.39, 0.29) is 30.0 Å². The van der Waals surface area contributed by atoms with E-state index in [4.69, 9.17) is 0 Å². The van der Waals surface area contributed by atoms with E-state index in [1.807, 2.05) is 0 Å². The maximum atomic E-state index is 11.8. The van der Waals surface area contributed by atoms with Crippen LogP contribution in [0.2, 0.25) is 0 Å². The number of hydrogen-bond donors (Lipinski definition) is 2. The lowest BCUT2D eigenvalue weighted by Gasteiger charge is -2.25. The van der Waals surface area contributed by atoms with Crippen LogP contribution in [0, 0.1) is 10.1 Å². The van der Waals surface area contributed by atoms with Crippen LogP contribution in [0.4, 0.5) is 5.82 Å². The van der Waals surface area contributed by atoms with Gasteiger partial charge in [-0.15, -0.1) is 12.4 Å². The van der Waals surface area contributed by atoms with E-state index in [1.54, 1.807) is 4.90 Å². The fraction of sp³-hybridized carbons (Fsp3) is 0.500. The standard InChI is InChI=1S/C8H11N5O3.ClH/c14-8(12-3-1-9-2-4-12)7-10-5-6(11-7)13(15)16;/h5,9H,1-4H2,(H,10,11);1H. The van der Waals surface area contributed by atoms with Crippen molar-refractivity contribution in [3.05, 3.63) is 22.1 Å². The third-order valence-electron chi connectivity index (χ3n) is 2.37. The fourth-order valence-electron chi connectivity index (χ4n) is 1.53. The number of imidazole rings is 1. The first-order chi connectivity index (χ1) is 7.68. The maximum absolute atomic E-state index is 11.8. The number of carbonyl (C=O) groups is 1. The molecule has 1 fully saturated rings. The largest absolute Gasteiger partial charge is 0.358 e. The van der Waals surface area contributed by atoms with Crippen molar-refractivity contribution in [2.45, 2.75) is 0 Å². The molecule has 0 spiro atoms. The fourth-order valence-corrected chi connectivity index (χ4v) is 1.53. The lowest BCUT2D eigenvalue weighted by molar-refractivity contribution is -0.389. The van der Waals surface area contributed by atoms with Gasteiger partial charge in [0, 0.05) is 26.2 Å². The summed E-state index contributed by atoms with van der Waals surface area (Å²) in [6, 6.07) is 0. The number of rotatable bonds is 2. The Morgan fingerprint density at radius 3 is 2.65 bits per heavy atom. The second-order valence-corrected chi connectivity index (χ2v) is 3.42. The Hall–Kier alpha value is -1.67. The molecule has 1 aromatic heterocycles. The zero-order valence-corrected chi connectivity index (χ0v) is 9.70. The van der Waals surface area contributed by atoms with E-state index >= 15 is 0 Å². The van der Waals surface area contributed by atoms with Crippen LogP contribution >= 0.6 is 12.4 Å². The van der Waals surface area contributed by atoms with E-state index in [9.17, 15) is 14.9 Å². The third-order valence-corrected chi connectivity index (χ3v) is 2.37. The molecule has 0 saturated carbocycles. The molecule has 8 nitrogen and oxygen atoms in total. The van der Waals surface area contributed by atoms with Gasteiger partial charge in [-0.2, -0.15) is 0 Å². The lowest BCUT2D eigenvalue weighted by Crippen LogP contribution is -2.46. The molecule has 0 bridgehead atoms. The van der Waals surface area contributed by atoms with Gasteiger partial charge >= 0.3 is 11.7 Å². The molecule has 94 valence electrons. The van der Waals surface area contributed by atoms with E-state index in [0.29, 0.717) is 13.1 Å². The Labute approximate surface area is 103 Å². The van der Waals surface area contributed by atoms with E-state index in [1.165, 1.54) is 0 Å². The minimum atomic E-state index is -0.610. The molecule has 1 aliphatic rings. The van der Waals surface area contributed by atoms with Crippen LogP contribution in [0.15, 0.2) is 6.20 Å². The van der Waals surface area contributed by atoms with Crippen LogP contribution < -0.4 is 5.32 Å². The van der Waals surface area contributed by atoms with Gasteiger partial charge in [-0.3, -0.25) is 4.79 Å². The maximum Gasteiger partial charge on any atom is 0.341 e. The monoisotopic (exact) mass is 261 g/mol. The summed E-state index contributed by atoms with van der Waals surface area (Å²) in [4.78, 5) is 29.3. The number of H-pyrrole nitrogens is 1. The minimum absolute atomic E-state index is 0. The molecule has 1 amide bonds. The van der Waals surface area contributed by atoms with E-state index in [2.05, 4.69) is 15.3 Å². The average molecular weight is 262 g/mol. The molecule has 2 N–H and O–H groups in total. The molecule has 1 aliphatic heterocycles. The smallest absolute Gasteiger partial charge is 0.341 e. The van der Waals surface area contributed by atoms with Crippen molar-refractivity contribution in [1.82, 2.24) is 20.2 Å². The summed E-state index contributed by atoms with van der Waals surface area (Å²) in [5.41, 5.74) is 0. The normalized spacial score (nSPS) is 15.2. The van der Waals surface area contributed by atoms with Crippen molar-refractivity contribution in [1.29, 1.82) is 0 Å². The zero-order valence-electron chi connectivity index (χ0n) is 8.88. The number of nitrogens with one attached hydrogen (secondary N) is 2. The highest BCUT2D eigenvalue weighted by atomic mass is 35.5. The first-order valence-electron chi connectivity index (χ1n) is 4.88. The number of aromatic nitrogens is 2. The quantitative estimate of drug-likeness (QED) is 0.566. The molecule has 1 aromatic rings. The van der Waals surface area contributed by atoms with Gasteiger partial charge in [-0.25, -0.2) is 9.97 Å². The van der Waals surface area contributed by atoms with Crippen LogP contribution in [0.1, 0.15) is 10.6 Å². The molecular weight excluding hydrogens is 250 g/mol. The van der Waals surface area contributed by atoms with Gasteiger partial charge in [0.05, 0.1) is 0 Å². The van der Waals surface area contributed by atoms with Gasteiger partial charge in [-0.05, 0) is 4.92 Å². The molecule has 2 heterocycles. The van der Waals surface area contributed by atoms with Crippen molar-refractivity contribution < 1.29 is 9.72 Å². The van der Waals surface area contributed by atoms with Crippen molar-refractivity contribution in [2.24, 2.45) is 0 Å². The molecule has 0 atom stereocenters. The highest BCUT2D eigenvalue weighted by molar-refractivity contribution is 5.90. The van der Waals surface area contributed by atoms with Gasteiger partial charge in [0.15, 0.2) is 0 Å². The lowest BCUT2D eigenvalue weighted by atomic mass is 10.3. The first kappa shape index (κ1) is 13.4. The summed E-state index contributed by atoms with van der Waals surface area (Å²) in [7, 11) is 0. The summed E-state index contributed by atoms with van der Waals surface area (Å²) in [6.45, 7) is 2.64. The Balaban J connectivity index is 0.00000144. The first-order valence-corrected chi connectivity index (χ1v) is 4.88. The van der Waals surface area contributed by atoms with Crippen molar-refractivity contribution >= 4 is 24.1 Å². The molecule has 0 aromatic carbocycles. The predicted molar refractivity (Wildman–Crippen MR) is 61.3 cm³/mol. The van der Waals surface area contributed by atoms with Crippen LogP contribution in [0.5, 0.6) is 0 Å². The number of hydrogen-bond acceptors (Lipinski definition) is 5. The number of amides is 1. The van der Waals surface area contributed by atoms with Crippen LogP contribution in [0.3, 0.4) is 0 Å². The molecule has 0 aliphatic carbocycles. The zero-order chi connectivity index (χ0) is 11.5. The second-order valence-electron chi connectivity index (χ2n) is 3.42. The van der Waals surface area contributed by atoms with Gasteiger partial charge in [-0.1, -0.05) is 0 Å². The van der Waals surface area contributed by atoms with E-state index in [0.717, 1.165) is 19.3 Å². The minimum Gasteiger partial charge on any atom is -0.358 e. The number of piperazine rings is 1. The van der Waals surface area contributed by atoms with Gasteiger partial charge < -0.3 is 20.3 Å². The Morgan fingerprint density at radius 1 is 1.47 bits per heavy atom.